The number of rotatable bonds is 2. The molecule has 1 amide bonds. The summed E-state index contributed by atoms with van der Waals surface area (Å²) in [5, 5.41) is 12.3. The van der Waals surface area contributed by atoms with Crippen LogP contribution < -0.4 is 5.73 Å². The maximum Gasteiger partial charge on any atom is 0.256 e. The molecule has 7 heteroatoms. The second kappa shape index (κ2) is 5.67. The Morgan fingerprint density at radius 2 is 2.21 bits per heavy atom. The molecule has 5 nitrogen and oxygen atoms in total. The van der Waals surface area contributed by atoms with E-state index in [1.165, 1.54) is 0 Å². The zero-order valence-corrected chi connectivity index (χ0v) is 11.5. The number of benzene rings is 1. The van der Waals surface area contributed by atoms with Crippen molar-refractivity contribution in [3.05, 3.63) is 33.8 Å². The third kappa shape index (κ3) is 2.62. The van der Waals surface area contributed by atoms with Gasteiger partial charge in [0.05, 0.1) is 21.7 Å². The fraction of sp³-hybridized carbons (Fsp3) is 0.333. The number of carbonyl (C=O) groups excluding carboxylic acids is 1. The standard InChI is InChI=1S/C12H13Cl2N3O2/c13-8-4-1-3-7(10(8)14)12(18)17-6-2-5-9(17)11(15)16-19/h1,3-4,9,19H,2,5-6H2,(H2,15,16). The van der Waals surface area contributed by atoms with Crippen LogP contribution in [0.4, 0.5) is 0 Å². The number of amidine groups is 1. The lowest BCUT2D eigenvalue weighted by atomic mass is 10.1. The third-order valence-corrected chi connectivity index (χ3v) is 3.97. The number of hydrogen-bond donors (Lipinski definition) is 2. The van der Waals surface area contributed by atoms with Gasteiger partial charge in [-0.25, -0.2) is 0 Å². The van der Waals surface area contributed by atoms with Crippen LogP contribution in [0.25, 0.3) is 0 Å². The van der Waals surface area contributed by atoms with E-state index in [0.29, 0.717) is 23.6 Å². The molecule has 1 aliphatic heterocycles. The Balaban J connectivity index is 2.31. The predicted octanol–water partition coefficient (Wildman–Crippen LogP) is 2.34. The summed E-state index contributed by atoms with van der Waals surface area (Å²) in [5.41, 5.74) is 5.93. The van der Waals surface area contributed by atoms with E-state index in [0.717, 1.165) is 6.42 Å². The van der Waals surface area contributed by atoms with Crippen LogP contribution in [0.5, 0.6) is 0 Å². The fourth-order valence-corrected chi connectivity index (χ4v) is 2.59. The molecule has 1 saturated heterocycles. The molecule has 2 rings (SSSR count). The minimum atomic E-state index is -0.396. The van der Waals surface area contributed by atoms with Crippen LogP contribution in [-0.4, -0.2) is 34.4 Å². The highest BCUT2D eigenvalue weighted by Crippen LogP contribution is 2.28. The van der Waals surface area contributed by atoms with Crippen LogP contribution in [0.2, 0.25) is 10.0 Å². The molecule has 1 aromatic rings. The van der Waals surface area contributed by atoms with Gasteiger partial charge in [0, 0.05) is 6.54 Å². The Morgan fingerprint density at radius 1 is 1.47 bits per heavy atom. The molecule has 0 radical (unpaired) electrons. The molecule has 19 heavy (non-hydrogen) atoms. The van der Waals surface area contributed by atoms with Crippen molar-refractivity contribution in [2.45, 2.75) is 18.9 Å². The first-order valence-corrected chi connectivity index (χ1v) is 6.54. The van der Waals surface area contributed by atoms with Gasteiger partial charge in [-0.05, 0) is 25.0 Å². The molecule has 102 valence electrons. The van der Waals surface area contributed by atoms with Crippen molar-refractivity contribution in [3.63, 3.8) is 0 Å². The fourth-order valence-electron chi connectivity index (χ4n) is 2.21. The smallest absolute Gasteiger partial charge is 0.256 e. The molecule has 1 heterocycles. The van der Waals surface area contributed by atoms with Crippen LogP contribution in [0.1, 0.15) is 23.2 Å². The summed E-state index contributed by atoms with van der Waals surface area (Å²) in [6.07, 6.45) is 1.46. The van der Waals surface area contributed by atoms with Crippen LogP contribution in [-0.2, 0) is 0 Å². The average Bonchev–Trinajstić information content (AvgIpc) is 2.89. The maximum atomic E-state index is 12.4. The highest BCUT2D eigenvalue weighted by molar-refractivity contribution is 6.43. The van der Waals surface area contributed by atoms with Crippen LogP contribution >= 0.6 is 23.2 Å². The number of likely N-dealkylation sites (tertiary alicyclic amines) is 1. The molecule has 0 aromatic heterocycles. The first-order chi connectivity index (χ1) is 9.06. The van der Waals surface area contributed by atoms with Gasteiger partial charge in [-0.1, -0.05) is 34.4 Å². The van der Waals surface area contributed by atoms with E-state index in [-0.39, 0.29) is 16.8 Å². The molecule has 1 aromatic carbocycles. The third-order valence-electron chi connectivity index (χ3n) is 3.15. The van der Waals surface area contributed by atoms with Gasteiger partial charge in [0.1, 0.15) is 0 Å². The molecule has 1 atom stereocenters. The normalized spacial score (nSPS) is 19.8. The van der Waals surface area contributed by atoms with Crippen LogP contribution in [0, 0.1) is 0 Å². The molecule has 1 unspecified atom stereocenters. The number of carbonyl (C=O) groups is 1. The molecule has 0 aliphatic carbocycles. The van der Waals surface area contributed by atoms with Crippen molar-refractivity contribution in [3.8, 4) is 0 Å². The summed E-state index contributed by atoms with van der Waals surface area (Å²) in [6.45, 7) is 0.544. The number of oxime groups is 1. The number of amides is 1. The van der Waals surface area contributed by atoms with Crippen molar-refractivity contribution in [2.75, 3.05) is 6.54 Å². The summed E-state index contributed by atoms with van der Waals surface area (Å²) < 4.78 is 0. The Labute approximate surface area is 120 Å². The van der Waals surface area contributed by atoms with E-state index in [1.54, 1.807) is 23.1 Å². The second-order valence-corrected chi connectivity index (χ2v) is 5.07. The van der Waals surface area contributed by atoms with Gasteiger partial charge in [-0.2, -0.15) is 0 Å². The molecule has 0 bridgehead atoms. The van der Waals surface area contributed by atoms with Crippen molar-refractivity contribution >= 4 is 34.9 Å². The zero-order chi connectivity index (χ0) is 14.0. The van der Waals surface area contributed by atoms with Gasteiger partial charge >= 0.3 is 0 Å². The molecular formula is C12H13Cl2N3O2. The summed E-state index contributed by atoms with van der Waals surface area (Å²) in [6, 6.07) is 4.49. The number of nitrogens with two attached hydrogens (primary N) is 1. The molecular weight excluding hydrogens is 289 g/mol. The van der Waals surface area contributed by atoms with E-state index in [1.807, 2.05) is 0 Å². The van der Waals surface area contributed by atoms with Crippen LogP contribution in [0.15, 0.2) is 23.4 Å². The van der Waals surface area contributed by atoms with Gasteiger partial charge < -0.3 is 15.8 Å². The lowest BCUT2D eigenvalue weighted by Gasteiger charge is -2.24. The molecule has 0 saturated carbocycles. The summed E-state index contributed by atoms with van der Waals surface area (Å²) in [7, 11) is 0. The number of halogens is 2. The number of nitrogens with zero attached hydrogens (tertiary/aromatic N) is 2. The zero-order valence-electron chi connectivity index (χ0n) is 10.0. The highest BCUT2D eigenvalue weighted by Gasteiger charge is 2.33. The first kappa shape index (κ1) is 14.0. The van der Waals surface area contributed by atoms with E-state index >= 15 is 0 Å². The largest absolute Gasteiger partial charge is 0.409 e. The number of hydrogen-bond acceptors (Lipinski definition) is 3. The first-order valence-electron chi connectivity index (χ1n) is 5.78. The van der Waals surface area contributed by atoms with E-state index in [4.69, 9.17) is 34.1 Å². The van der Waals surface area contributed by atoms with Crippen molar-refractivity contribution < 1.29 is 10.0 Å². The summed E-state index contributed by atoms with van der Waals surface area (Å²) in [4.78, 5) is 14.0. The van der Waals surface area contributed by atoms with E-state index < -0.39 is 6.04 Å². The summed E-state index contributed by atoms with van der Waals surface area (Å²) in [5.74, 6) is -0.231. The van der Waals surface area contributed by atoms with Gasteiger partial charge in [-0.3, -0.25) is 4.79 Å². The molecule has 1 aliphatic rings. The van der Waals surface area contributed by atoms with Gasteiger partial charge in [0.15, 0.2) is 5.84 Å². The molecule has 3 N–H and O–H groups in total. The lowest BCUT2D eigenvalue weighted by Crippen LogP contribution is -2.44. The van der Waals surface area contributed by atoms with Crippen LogP contribution in [0.3, 0.4) is 0 Å². The highest BCUT2D eigenvalue weighted by atomic mass is 35.5. The van der Waals surface area contributed by atoms with Gasteiger partial charge in [-0.15, -0.1) is 0 Å². The Hall–Kier alpha value is -1.46. The van der Waals surface area contributed by atoms with Crippen molar-refractivity contribution in [1.29, 1.82) is 0 Å². The Bertz CT molecular complexity index is 534. The Kier molecular flexibility index (Phi) is 4.17. The van der Waals surface area contributed by atoms with Gasteiger partial charge in [0.2, 0.25) is 0 Å². The second-order valence-electron chi connectivity index (χ2n) is 4.28. The monoisotopic (exact) mass is 301 g/mol. The average molecular weight is 302 g/mol. The topological polar surface area (TPSA) is 78.9 Å². The molecule has 0 spiro atoms. The van der Waals surface area contributed by atoms with E-state index in [2.05, 4.69) is 5.16 Å². The predicted molar refractivity (Wildman–Crippen MR) is 73.9 cm³/mol. The Morgan fingerprint density at radius 3 is 2.89 bits per heavy atom. The summed E-state index contributed by atoms with van der Waals surface area (Å²) >= 11 is 11.9. The van der Waals surface area contributed by atoms with Crippen molar-refractivity contribution in [2.24, 2.45) is 10.9 Å². The maximum absolute atomic E-state index is 12.4. The lowest BCUT2D eigenvalue weighted by molar-refractivity contribution is 0.0768. The SMILES string of the molecule is NC(=NO)C1CCCN1C(=O)c1cccc(Cl)c1Cl. The van der Waals surface area contributed by atoms with Gasteiger partial charge in [0.25, 0.3) is 5.91 Å². The molecule has 1 fully saturated rings. The minimum absolute atomic E-state index is 0.0315. The quantitative estimate of drug-likeness (QED) is 0.381. The van der Waals surface area contributed by atoms with Crippen molar-refractivity contribution in [1.82, 2.24) is 4.90 Å². The van der Waals surface area contributed by atoms with E-state index in [9.17, 15) is 4.79 Å². The minimum Gasteiger partial charge on any atom is -0.409 e.